The quantitative estimate of drug-likeness (QED) is 0.121. The highest BCUT2D eigenvalue weighted by Gasteiger charge is 2.17. The summed E-state index contributed by atoms with van der Waals surface area (Å²) in [6.45, 7) is 2.07. The molecule has 0 radical (unpaired) electrons. The van der Waals surface area contributed by atoms with Crippen LogP contribution in [0.3, 0.4) is 0 Å². The number of fused-ring (bicyclic) bond motifs is 4. The van der Waals surface area contributed by atoms with Crippen molar-refractivity contribution in [3.63, 3.8) is 0 Å². The van der Waals surface area contributed by atoms with Gasteiger partial charge in [-0.25, -0.2) is 0 Å². The summed E-state index contributed by atoms with van der Waals surface area (Å²) in [5.41, 5.74) is 13.6. The Kier molecular flexibility index (Phi) is 10.6. The zero-order valence-electron chi connectivity index (χ0n) is 34.6. The molecule has 0 spiro atoms. The van der Waals surface area contributed by atoms with E-state index in [4.69, 9.17) is 0 Å². The molecule has 0 saturated heterocycles. The third-order valence-corrected chi connectivity index (χ3v) is 11.4. The van der Waals surface area contributed by atoms with Crippen LogP contribution in [0.2, 0.25) is 0 Å². The van der Waals surface area contributed by atoms with Gasteiger partial charge in [0.1, 0.15) is 0 Å². The monoisotopic (exact) mass is 795 g/mol. The van der Waals surface area contributed by atoms with Crippen molar-refractivity contribution < 1.29 is 0 Å². The van der Waals surface area contributed by atoms with Gasteiger partial charge in [-0.15, -0.1) is 0 Å². The Hall–Kier alpha value is -8.14. The first kappa shape index (κ1) is 38.1. The molecule has 10 rings (SSSR count). The Labute approximate surface area is 363 Å². The summed E-state index contributed by atoms with van der Waals surface area (Å²) in [4.78, 5) is 4.59. The van der Waals surface area contributed by atoms with Gasteiger partial charge in [-0.05, 0) is 144 Å². The molecule has 0 aliphatic carbocycles. The maximum atomic E-state index is 2.41. The number of allylic oxidation sites excluding steroid dienone is 4. The van der Waals surface area contributed by atoms with Crippen LogP contribution in [0.1, 0.15) is 12.5 Å². The summed E-state index contributed by atoms with van der Waals surface area (Å²) in [7, 11) is 0. The van der Waals surface area contributed by atoms with Crippen molar-refractivity contribution >= 4 is 67.1 Å². The molecule has 0 aliphatic rings. The van der Waals surface area contributed by atoms with Crippen LogP contribution in [-0.4, -0.2) is 4.57 Å². The molecule has 0 atom stereocenters. The first-order chi connectivity index (χ1) is 30.7. The predicted octanol–water partition coefficient (Wildman–Crippen LogP) is 16.4. The molecule has 0 unspecified atom stereocenters. The van der Waals surface area contributed by atoms with E-state index in [0.717, 1.165) is 45.4 Å². The summed E-state index contributed by atoms with van der Waals surface area (Å²) in [5, 5.41) is 4.88. The zero-order chi connectivity index (χ0) is 41.7. The topological polar surface area (TPSA) is 11.4 Å². The highest BCUT2D eigenvalue weighted by atomic mass is 15.1. The molecule has 0 saturated carbocycles. The number of nitrogens with zero attached hydrogens (tertiary/aromatic N) is 3. The molecule has 1 aromatic heterocycles. The van der Waals surface area contributed by atoms with Gasteiger partial charge in [0.15, 0.2) is 0 Å². The summed E-state index contributed by atoms with van der Waals surface area (Å²) in [5.74, 6) is 0. The van der Waals surface area contributed by atoms with E-state index in [-0.39, 0.29) is 0 Å². The van der Waals surface area contributed by atoms with Crippen molar-refractivity contribution in [3.8, 4) is 16.8 Å². The molecule has 0 N–H and O–H groups in total. The van der Waals surface area contributed by atoms with Crippen molar-refractivity contribution in [1.82, 2.24) is 4.57 Å². The van der Waals surface area contributed by atoms with Crippen LogP contribution in [0, 0.1) is 0 Å². The SMILES string of the molecule is C\C=C/C(=C\C=C\c1ccc2c(c1)c1cc(-c3ccc(N(c4ccccc4)c4ccccc4)cc3)ccc1n2-c1ccc2ccccc2c1)N(c1ccccc1)c1ccccc1. The Morgan fingerprint density at radius 2 is 0.952 bits per heavy atom. The van der Waals surface area contributed by atoms with Crippen LogP contribution >= 0.6 is 0 Å². The maximum absolute atomic E-state index is 2.41. The number of aromatic nitrogens is 1. The summed E-state index contributed by atoms with van der Waals surface area (Å²) >= 11 is 0. The van der Waals surface area contributed by atoms with Crippen LogP contribution < -0.4 is 9.80 Å². The minimum atomic E-state index is 1.07. The Morgan fingerprint density at radius 3 is 1.56 bits per heavy atom. The molecule has 296 valence electrons. The van der Waals surface area contributed by atoms with E-state index in [9.17, 15) is 0 Å². The van der Waals surface area contributed by atoms with Gasteiger partial charge in [0.05, 0.1) is 11.0 Å². The third-order valence-electron chi connectivity index (χ3n) is 11.4. The maximum Gasteiger partial charge on any atom is 0.0541 e. The van der Waals surface area contributed by atoms with Gasteiger partial charge < -0.3 is 14.4 Å². The smallest absolute Gasteiger partial charge is 0.0541 e. The number of hydrogen-bond acceptors (Lipinski definition) is 2. The number of benzene rings is 9. The highest BCUT2D eigenvalue weighted by Crippen LogP contribution is 2.39. The fraction of sp³-hybridized carbons (Fsp3) is 0.0169. The third kappa shape index (κ3) is 7.60. The second-order valence-corrected chi connectivity index (χ2v) is 15.4. The lowest BCUT2D eigenvalue weighted by molar-refractivity contribution is 1.19. The van der Waals surface area contributed by atoms with E-state index >= 15 is 0 Å². The van der Waals surface area contributed by atoms with Crippen LogP contribution in [0.15, 0.2) is 254 Å². The number of para-hydroxylation sites is 4. The van der Waals surface area contributed by atoms with Crippen molar-refractivity contribution in [3.05, 3.63) is 260 Å². The largest absolute Gasteiger partial charge is 0.311 e. The Morgan fingerprint density at radius 1 is 0.435 bits per heavy atom. The van der Waals surface area contributed by atoms with Gasteiger partial charge in [0, 0.05) is 50.6 Å². The standard InChI is InChI=1S/C59H45N3/c1-2-18-49(60(50-22-7-3-8-23-50)51-24-9-4-10-25-51)30-17-19-44-31-39-58-56(41-44)57-43-48(35-40-59(57)62(58)55-38-34-45-20-15-16-21-47(45)42-55)46-32-36-54(37-33-46)61(52-26-11-5-12-27-52)53-28-13-6-14-29-53/h2-43H,1H3/b18-2-,19-17+,49-30+. The van der Waals surface area contributed by atoms with Crippen molar-refractivity contribution in [2.24, 2.45) is 0 Å². The van der Waals surface area contributed by atoms with Crippen LogP contribution in [0.5, 0.6) is 0 Å². The molecule has 0 bridgehead atoms. The van der Waals surface area contributed by atoms with Crippen LogP contribution in [0.25, 0.3) is 55.5 Å². The molecule has 3 heteroatoms. The number of anilines is 5. The second kappa shape index (κ2) is 17.2. The molecule has 0 fully saturated rings. The van der Waals surface area contributed by atoms with E-state index in [2.05, 4.69) is 276 Å². The normalized spacial score (nSPS) is 11.9. The number of rotatable bonds is 11. The summed E-state index contributed by atoms with van der Waals surface area (Å²) in [6.07, 6.45) is 10.8. The van der Waals surface area contributed by atoms with Gasteiger partial charge in [0.2, 0.25) is 0 Å². The molecule has 3 nitrogen and oxygen atoms in total. The van der Waals surface area contributed by atoms with Gasteiger partial charge >= 0.3 is 0 Å². The van der Waals surface area contributed by atoms with Crippen molar-refractivity contribution in [1.29, 1.82) is 0 Å². The molecule has 0 aliphatic heterocycles. The average Bonchev–Trinajstić information content (AvgIpc) is 3.66. The Bertz CT molecular complexity index is 3140. The first-order valence-electron chi connectivity index (χ1n) is 21.2. The minimum Gasteiger partial charge on any atom is -0.311 e. The highest BCUT2D eigenvalue weighted by molar-refractivity contribution is 6.11. The fourth-order valence-electron chi connectivity index (χ4n) is 8.56. The lowest BCUT2D eigenvalue weighted by atomic mass is 10.0. The van der Waals surface area contributed by atoms with Crippen molar-refractivity contribution in [2.45, 2.75) is 6.92 Å². The summed E-state index contributed by atoms with van der Waals surface area (Å²) < 4.78 is 2.41. The van der Waals surface area contributed by atoms with Gasteiger partial charge in [-0.3, -0.25) is 0 Å². The summed E-state index contributed by atoms with van der Waals surface area (Å²) in [6, 6.07) is 80.3. The fourth-order valence-corrected chi connectivity index (χ4v) is 8.56. The number of hydrogen-bond donors (Lipinski definition) is 0. The van der Waals surface area contributed by atoms with E-state index in [0.29, 0.717) is 0 Å². The average molecular weight is 796 g/mol. The lowest BCUT2D eigenvalue weighted by Gasteiger charge is -2.26. The predicted molar refractivity (Wildman–Crippen MR) is 265 cm³/mol. The molecule has 1 heterocycles. The lowest BCUT2D eigenvalue weighted by Crippen LogP contribution is -2.14. The molecule has 62 heavy (non-hydrogen) atoms. The molecular weight excluding hydrogens is 751 g/mol. The van der Waals surface area contributed by atoms with E-state index in [1.165, 1.54) is 43.7 Å². The van der Waals surface area contributed by atoms with E-state index < -0.39 is 0 Å². The van der Waals surface area contributed by atoms with E-state index in [1.807, 2.05) is 0 Å². The van der Waals surface area contributed by atoms with Gasteiger partial charge in [0.25, 0.3) is 0 Å². The molecule has 10 aromatic rings. The van der Waals surface area contributed by atoms with Crippen LogP contribution in [-0.2, 0) is 0 Å². The molecular formula is C59H45N3. The van der Waals surface area contributed by atoms with Crippen molar-refractivity contribution in [2.75, 3.05) is 9.80 Å². The molecule has 9 aromatic carbocycles. The van der Waals surface area contributed by atoms with E-state index in [1.54, 1.807) is 0 Å². The minimum absolute atomic E-state index is 1.07. The first-order valence-corrected chi connectivity index (χ1v) is 21.2. The Balaban J connectivity index is 1.07. The van der Waals surface area contributed by atoms with Gasteiger partial charge in [-0.1, -0.05) is 146 Å². The second-order valence-electron chi connectivity index (χ2n) is 15.4. The molecule has 0 amide bonds. The van der Waals surface area contributed by atoms with Gasteiger partial charge in [-0.2, -0.15) is 0 Å². The zero-order valence-corrected chi connectivity index (χ0v) is 34.6. The van der Waals surface area contributed by atoms with Crippen LogP contribution in [0.4, 0.5) is 28.4 Å².